The largest absolute Gasteiger partial charge is 0.393 e. The molecule has 2 aromatic rings. The van der Waals surface area contributed by atoms with Gasteiger partial charge in [0.2, 0.25) is 5.78 Å². The molecule has 2 fully saturated rings. The second-order valence-corrected chi connectivity index (χ2v) is 8.92. The predicted octanol–water partition coefficient (Wildman–Crippen LogP) is 2.52. The summed E-state index contributed by atoms with van der Waals surface area (Å²) in [5.74, 6) is 0.793. The molecule has 3 N–H and O–H groups in total. The highest BCUT2D eigenvalue weighted by molar-refractivity contribution is 6.00. The Balaban J connectivity index is 1.49. The van der Waals surface area contributed by atoms with Crippen LogP contribution in [-0.4, -0.2) is 84.8 Å². The molecular formula is C24H34N6O3. The first-order valence-electron chi connectivity index (χ1n) is 11.7. The van der Waals surface area contributed by atoms with Crippen LogP contribution in [0.1, 0.15) is 36.2 Å². The second kappa shape index (κ2) is 10.9. The number of anilines is 4. The Labute approximate surface area is 195 Å². The van der Waals surface area contributed by atoms with Gasteiger partial charge < -0.3 is 30.3 Å². The lowest BCUT2D eigenvalue weighted by molar-refractivity contribution is 0.0843. The number of hydrogen-bond acceptors (Lipinski definition) is 9. The minimum absolute atomic E-state index is 0.0566. The molecule has 9 heteroatoms. The smallest absolute Gasteiger partial charge is 0.210 e. The molecule has 0 atom stereocenters. The van der Waals surface area contributed by atoms with Crippen molar-refractivity contribution in [3.8, 4) is 0 Å². The van der Waals surface area contributed by atoms with E-state index in [0.717, 1.165) is 57.5 Å². The highest BCUT2D eigenvalue weighted by Gasteiger charge is 2.21. The normalized spacial score (nSPS) is 21.6. The lowest BCUT2D eigenvalue weighted by Gasteiger charge is -2.34. The van der Waals surface area contributed by atoms with E-state index in [1.165, 1.54) is 12.8 Å². The summed E-state index contributed by atoms with van der Waals surface area (Å²) < 4.78 is 5.02. The Kier molecular flexibility index (Phi) is 7.74. The number of ether oxygens (including phenoxy) is 1. The number of benzene rings is 1. The van der Waals surface area contributed by atoms with E-state index in [1.807, 2.05) is 12.1 Å². The van der Waals surface area contributed by atoms with Gasteiger partial charge in [0.05, 0.1) is 12.3 Å². The molecule has 1 aromatic carbocycles. The third kappa shape index (κ3) is 6.19. The molecule has 178 valence electrons. The van der Waals surface area contributed by atoms with E-state index in [9.17, 15) is 9.90 Å². The number of piperazine rings is 1. The molecule has 0 radical (unpaired) electrons. The first-order valence-corrected chi connectivity index (χ1v) is 11.7. The summed E-state index contributed by atoms with van der Waals surface area (Å²) >= 11 is 0. The summed E-state index contributed by atoms with van der Waals surface area (Å²) in [6, 6.07) is 8.42. The fourth-order valence-corrected chi connectivity index (χ4v) is 4.34. The SMILES string of the molecule is COCC(=O)c1ncc(NC2CCC(O)CC2)nc1Nc1ccc(N2CCN(C)CC2)cc1. The maximum atomic E-state index is 12.6. The highest BCUT2D eigenvalue weighted by Crippen LogP contribution is 2.25. The van der Waals surface area contributed by atoms with Gasteiger partial charge in [-0.25, -0.2) is 9.97 Å². The molecule has 2 aliphatic rings. The lowest BCUT2D eigenvalue weighted by atomic mass is 9.93. The zero-order valence-corrected chi connectivity index (χ0v) is 19.5. The van der Waals surface area contributed by atoms with Crippen LogP contribution in [0.15, 0.2) is 30.5 Å². The number of ketones is 1. The van der Waals surface area contributed by atoms with E-state index in [0.29, 0.717) is 11.6 Å². The van der Waals surface area contributed by atoms with Gasteiger partial charge in [-0.2, -0.15) is 0 Å². The van der Waals surface area contributed by atoms with Crippen LogP contribution < -0.4 is 15.5 Å². The number of Topliss-reactive ketones (excluding diaryl/α,β-unsaturated/α-hetero) is 1. The number of carbonyl (C=O) groups excluding carboxylic acids is 1. The van der Waals surface area contributed by atoms with Crippen molar-refractivity contribution < 1.29 is 14.6 Å². The fourth-order valence-electron chi connectivity index (χ4n) is 4.34. The van der Waals surface area contributed by atoms with Gasteiger partial charge in [-0.05, 0) is 57.0 Å². The molecule has 0 unspecified atom stereocenters. The van der Waals surface area contributed by atoms with Crippen LogP contribution in [0.25, 0.3) is 0 Å². The number of aromatic nitrogens is 2. The van der Waals surface area contributed by atoms with Crippen LogP contribution in [0.2, 0.25) is 0 Å². The van der Waals surface area contributed by atoms with E-state index in [4.69, 9.17) is 4.74 Å². The summed E-state index contributed by atoms with van der Waals surface area (Å²) in [6.45, 7) is 4.08. The molecule has 0 spiro atoms. The molecule has 9 nitrogen and oxygen atoms in total. The average molecular weight is 455 g/mol. The third-order valence-electron chi connectivity index (χ3n) is 6.36. The van der Waals surface area contributed by atoms with Crippen LogP contribution in [0, 0.1) is 0 Å². The molecule has 1 aliphatic carbocycles. The van der Waals surface area contributed by atoms with Gasteiger partial charge in [0.25, 0.3) is 0 Å². The van der Waals surface area contributed by atoms with Gasteiger partial charge in [-0.15, -0.1) is 0 Å². The molecule has 1 aromatic heterocycles. The zero-order chi connectivity index (χ0) is 23.2. The molecule has 1 saturated heterocycles. The minimum Gasteiger partial charge on any atom is -0.393 e. The number of nitrogens with zero attached hydrogens (tertiary/aromatic N) is 4. The van der Waals surface area contributed by atoms with Crippen LogP contribution in [0.3, 0.4) is 0 Å². The first kappa shape index (κ1) is 23.4. The van der Waals surface area contributed by atoms with Gasteiger partial charge in [0.1, 0.15) is 12.4 Å². The van der Waals surface area contributed by atoms with Crippen molar-refractivity contribution in [1.82, 2.24) is 14.9 Å². The predicted molar refractivity (Wildman–Crippen MR) is 130 cm³/mol. The molecule has 4 rings (SSSR count). The van der Waals surface area contributed by atoms with Crippen LogP contribution in [-0.2, 0) is 4.74 Å². The maximum Gasteiger partial charge on any atom is 0.210 e. The van der Waals surface area contributed by atoms with Crippen LogP contribution >= 0.6 is 0 Å². The van der Waals surface area contributed by atoms with Gasteiger partial charge in [0, 0.05) is 50.7 Å². The number of carbonyl (C=O) groups is 1. The van der Waals surface area contributed by atoms with E-state index in [-0.39, 0.29) is 30.2 Å². The standard InChI is InChI=1S/C24H34N6O3/c1-29-11-13-30(14-12-29)19-7-3-18(4-8-19)27-24-23(21(32)16-33-2)25-15-22(28-24)26-17-5-9-20(31)10-6-17/h3-4,7-8,15,17,20,31H,5-6,9-14,16H2,1-2H3,(H2,26,27,28). The van der Waals surface area contributed by atoms with Crippen LogP contribution in [0.4, 0.5) is 23.0 Å². The molecule has 1 aliphatic heterocycles. The number of likely N-dealkylation sites (N-methyl/N-ethyl adjacent to an activating group) is 1. The van der Waals surface area contributed by atoms with Gasteiger partial charge in [0.15, 0.2) is 11.5 Å². The summed E-state index contributed by atoms with van der Waals surface area (Å²) in [5, 5.41) is 16.4. The molecule has 2 heterocycles. The summed E-state index contributed by atoms with van der Waals surface area (Å²) in [5.41, 5.74) is 2.28. The number of hydrogen-bond donors (Lipinski definition) is 3. The summed E-state index contributed by atoms with van der Waals surface area (Å²) in [6.07, 6.45) is 4.69. The molecule has 33 heavy (non-hydrogen) atoms. The highest BCUT2D eigenvalue weighted by atomic mass is 16.5. The number of methoxy groups -OCH3 is 1. The van der Waals surface area contributed by atoms with E-state index in [2.05, 4.69) is 49.6 Å². The van der Waals surface area contributed by atoms with E-state index >= 15 is 0 Å². The number of rotatable bonds is 8. The Morgan fingerprint density at radius 3 is 2.48 bits per heavy atom. The maximum absolute atomic E-state index is 12.6. The quantitative estimate of drug-likeness (QED) is 0.519. The van der Waals surface area contributed by atoms with E-state index < -0.39 is 0 Å². The van der Waals surface area contributed by atoms with Crippen molar-refractivity contribution in [2.24, 2.45) is 0 Å². The van der Waals surface area contributed by atoms with Crippen molar-refractivity contribution in [1.29, 1.82) is 0 Å². The first-order chi connectivity index (χ1) is 16.0. The Morgan fingerprint density at radius 1 is 1.12 bits per heavy atom. The second-order valence-electron chi connectivity index (χ2n) is 8.92. The lowest BCUT2D eigenvalue weighted by Crippen LogP contribution is -2.44. The number of aliphatic hydroxyl groups is 1. The average Bonchev–Trinajstić information content (AvgIpc) is 2.82. The molecule has 0 bridgehead atoms. The third-order valence-corrected chi connectivity index (χ3v) is 6.36. The zero-order valence-electron chi connectivity index (χ0n) is 19.5. The number of aliphatic hydroxyl groups excluding tert-OH is 1. The van der Waals surface area contributed by atoms with Crippen LogP contribution in [0.5, 0.6) is 0 Å². The monoisotopic (exact) mass is 454 g/mol. The van der Waals surface area contributed by atoms with Gasteiger partial charge in [-0.1, -0.05) is 0 Å². The summed E-state index contributed by atoms with van der Waals surface area (Å²) in [7, 11) is 3.64. The van der Waals surface area contributed by atoms with Crippen molar-refractivity contribution in [3.05, 3.63) is 36.2 Å². The van der Waals surface area contributed by atoms with Crippen molar-refractivity contribution in [2.45, 2.75) is 37.8 Å². The molecule has 1 saturated carbocycles. The number of nitrogens with one attached hydrogen (secondary N) is 2. The Hall–Kier alpha value is -2.75. The Bertz CT molecular complexity index is 922. The van der Waals surface area contributed by atoms with Gasteiger partial charge >= 0.3 is 0 Å². The van der Waals surface area contributed by atoms with E-state index in [1.54, 1.807) is 6.20 Å². The van der Waals surface area contributed by atoms with Crippen molar-refractivity contribution in [2.75, 3.05) is 62.5 Å². The minimum atomic E-state index is -0.228. The molecular weight excluding hydrogens is 420 g/mol. The summed E-state index contributed by atoms with van der Waals surface area (Å²) in [4.78, 5) is 26.3. The fraction of sp³-hybridized carbons (Fsp3) is 0.542. The van der Waals surface area contributed by atoms with Crippen molar-refractivity contribution in [3.63, 3.8) is 0 Å². The van der Waals surface area contributed by atoms with Gasteiger partial charge in [-0.3, -0.25) is 4.79 Å². The van der Waals surface area contributed by atoms with Crippen molar-refractivity contribution >= 4 is 28.8 Å². The molecule has 0 amide bonds. The topological polar surface area (TPSA) is 103 Å². The Morgan fingerprint density at radius 2 is 1.82 bits per heavy atom.